The summed E-state index contributed by atoms with van der Waals surface area (Å²) in [6.45, 7) is 5.84. The van der Waals surface area contributed by atoms with Crippen molar-refractivity contribution in [1.29, 1.82) is 0 Å². The Labute approximate surface area is 173 Å². The van der Waals surface area contributed by atoms with E-state index < -0.39 is 0 Å². The van der Waals surface area contributed by atoms with Crippen LogP contribution in [0.2, 0.25) is 0 Å². The first-order valence-corrected chi connectivity index (χ1v) is 10.8. The van der Waals surface area contributed by atoms with Crippen LogP contribution in [-0.4, -0.2) is 67.6 Å². The predicted molar refractivity (Wildman–Crippen MR) is 110 cm³/mol. The molecule has 1 aromatic rings. The van der Waals surface area contributed by atoms with Crippen LogP contribution in [0.4, 0.5) is 0 Å². The van der Waals surface area contributed by atoms with Crippen molar-refractivity contribution in [3.63, 3.8) is 0 Å². The number of amides is 2. The first kappa shape index (κ1) is 20.2. The Hall–Kier alpha value is -2.08. The Bertz CT molecular complexity index is 764. The number of rotatable bonds is 4. The minimum absolute atomic E-state index is 0.0914. The highest BCUT2D eigenvalue weighted by molar-refractivity contribution is 5.94. The van der Waals surface area contributed by atoms with Gasteiger partial charge in [-0.05, 0) is 68.2 Å². The van der Waals surface area contributed by atoms with Crippen LogP contribution in [-0.2, 0) is 9.53 Å². The second-order valence-corrected chi connectivity index (χ2v) is 8.89. The van der Waals surface area contributed by atoms with E-state index in [0.717, 1.165) is 81.8 Å². The van der Waals surface area contributed by atoms with E-state index >= 15 is 0 Å². The zero-order chi connectivity index (χ0) is 20.4. The van der Waals surface area contributed by atoms with E-state index in [2.05, 4.69) is 0 Å². The zero-order valence-electron chi connectivity index (χ0n) is 17.6. The molecule has 4 rings (SSSR count). The lowest BCUT2D eigenvalue weighted by Crippen LogP contribution is -2.53. The second-order valence-electron chi connectivity index (χ2n) is 8.89. The summed E-state index contributed by atoms with van der Waals surface area (Å²) in [5, 5.41) is 0. The number of methoxy groups -OCH3 is 1. The molecule has 0 N–H and O–H groups in total. The fourth-order valence-corrected chi connectivity index (χ4v) is 5.09. The van der Waals surface area contributed by atoms with E-state index in [1.165, 1.54) is 0 Å². The Balaban J connectivity index is 1.37. The summed E-state index contributed by atoms with van der Waals surface area (Å²) in [7, 11) is 1.64. The van der Waals surface area contributed by atoms with E-state index in [-0.39, 0.29) is 23.3 Å². The molecule has 158 valence electrons. The number of nitrogens with zero attached hydrogens (tertiary/aromatic N) is 2. The van der Waals surface area contributed by atoms with Crippen molar-refractivity contribution < 1.29 is 19.1 Å². The molecule has 6 heteroatoms. The van der Waals surface area contributed by atoms with E-state index in [0.29, 0.717) is 6.42 Å². The molecule has 0 bridgehead atoms. The number of ether oxygens (including phenoxy) is 2. The van der Waals surface area contributed by atoms with Gasteiger partial charge in [-0.3, -0.25) is 9.59 Å². The van der Waals surface area contributed by atoms with Crippen molar-refractivity contribution in [2.75, 3.05) is 39.9 Å². The van der Waals surface area contributed by atoms with Crippen molar-refractivity contribution in [1.82, 2.24) is 9.80 Å². The van der Waals surface area contributed by atoms with Gasteiger partial charge in [0.05, 0.1) is 13.2 Å². The fraction of sp³-hybridized carbons (Fsp3) is 0.652. The van der Waals surface area contributed by atoms with Crippen LogP contribution in [0.3, 0.4) is 0 Å². The smallest absolute Gasteiger partial charge is 0.253 e. The number of carbonyl (C=O) groups is 2. The Morgan fingerprint density at radius 2 is 2.07 bits per heavy atom. The summed E-state index contributed by atoms with van der Waals surface area (Å²) >= 11 is 0. The molecule has 6 nitrogen and oxygen atoms in total. The summed E-state index contributed by atoms with van der Waals surface area (Å²) in [6, 6.07) is 5.62. The first-order valence-electron chi connectivity index (χ1n) is 10.8. The number of hydrogen-bond acceptors (Lipinski definition) is 4. The van der Waals surface area contributed by atoms with E-state index in [9.17, 15) is 9.59 Å². The third kappa shape index (κ3) is 4.27. The molecule has 3 aliphatic heterocycles. The summed E-state index contributed by atoms with van der Waals surface area (Å²) in [4.78, 5) is 29.4. The van der Waals surface area contributed by atoms with Gasteiger partial charge < -0.3 is 19.3 Å². The highest BCUT2D eigenvalue weighted by Crippen LogP contribution is 2.40. The van der Waals surface area contributed by atoms with Crippen molar-refractivity contribution in [2.45, 2.75) is 51.6 Å². The molecule has 0 saturated carbocycles. The second kappa shape index (κ2) is 8.34. The topological polar surface area (TPSA) is 59.1 Å². The van der Waals surface area contributed by atoms with Gasteiger partial charge in [-0.2, -0.15) is 0 Å². The van der Waals surface area contributed by atoms with E-state index in [1.807, 2.05) is 34.9 Å². The fourth-order valence-electron chi connectivity index (χ4n) is 5.09. The lowest BCUT2D eigenvalue weighted by molar-refractivity contribution is -0.141. The van der Waals surface area contributed by atoms with Crippen LogP contribution in [0.1, 0.15) is 54.4 Å². The molecule has 3 heterocycles. The molecular formula is C23H32N2O4. The van der Waals surface area contributed by atoms with Crippen LogP contribution < -0.4 is 4.74 Å². The van der Waals surface area contributed by atoms with Crippen LogP contribution in [0.25, 0.3) is 0 Å². The average molecular weight is 401 g/mol. The number of aryl methyl sites for hydroxylation is 1. The highest BCUT2D eigenvalue weighted by Gasteiger charge is 2.42. The molecule has 0 unspecified atom stereocenters. The third-order valence-corrected chi connectivity index (χ3v) is 6.95. The van der Waals surface area contributed by atoms with Gasteiger partial charge in [0.1, 0.15) is 5.75 Å². The summed E-state index contributed by atoms with van der Waals surface area (Å²) in [5.41, 5.74) is 1.85. The van der Waals surface area contributed by atoms with Gasteiger partial charge in [-0.15, -0.1) is 0 Å². The predicted octanol–water partition coefficient (Wildman–Crippen LogP) is 3.03. The van der Waals surface area contributed by atoms with Crippen LogP contribution in [0.5, 0.6) is 5.75 Å². The third-order valence-electron chi connectivity index (χ3n) is 6.95. The molecule has 2 amide bonds. The maximum absolute atomic E-state index is 13.0. The number of likely N-dealkylation sites (tertiary alicyclic amines) is 2. The van der Waals surface area contributed by atoms with Gasteiger partial charge in [0.15, 0.2) is 0 Å². The van der Waals surface area contributed by atoms with E-state index in [4.69, 9.17) is 9.47 Å². The van der Waals surface area contributed by atoms with Crippen molar-refractivity contribution in [3.05, 3.63) is 29.3 Å². The van der Waals surface area contributed by atoms with Gasteiger partial charge in [0, 0.05) is 44.8 Å². The van der Waals surface area contributed by atoms with E-state index in [1.54, 1.807) is 7.11 Å². The normalized spacial score (nSPS) is 24.2. The van der Waals surface area contributed by atoms with Gasteiger partial charge in [-0.1, -0.05) is 0 Å². The maximum atomic E-state index is 13.0. The number of benzene rings is 1. The highest BCUT2D eigenvalue weighted by atomic mass is 16.5. The van der Waals surface area contributed by atoms with Gasteiger partial charge in [-0.25, -0.2) is 0 Å². The molecule has 0 radical (unpaired) electrons. The van der Waals surface area contributed by atoms with Crippen LogP contribution >= 0.6 is 0 Å². The van der Waals surface area contributed by atoms with Crippen molar-refractivity contribution >= 4 is 11.8 Å². The monoisotopic (exact) mass is 400 g/mol. The van der Waals surface area contributed by atoms with Crippen molar-refractivity contribution in [3.8, 4) is 5.75 Å². The lowest BCUT2D eigenvalue weighted by atomic mass is 9.72. The maximum Gasteiger partial charge on any atom is 0.253 e. The first-order chi connectivity index (χ1) is 14.0. The quantitative estimate of drug-likeness (QED) is 0.780. The molecule has 3 fully saturated rings. The Kier molecular flexibility index (Phi) is 5.81. The molecule has 3 aliphatic rings. The minimum Gasteiger partial charge on any atom is -0.496 e. The lowest BCUT2D eigenvalue weighted by Gasteiger charge is -2.47. The summed E-state index contributed by atoms with van der Waals surface area (Å²) in [5.74, 6) is 1.16. The van der Waals surface area contributed by atoms with Crippen molar-refractivity contribution in [2.24, 2.45) is 5.41 Å². The van der Waals surface area contributed by atoms with Crippen LogP contribution in [0.15, 0.2) is 18.2 Å². The summed E-state index contributed by atoms with van der Waals surface area (Å²) in [6.07, 6.45) is 5.84. The molecule has 1 aromatic carbocycles. The van der Waals surface area contributed by atoms with Gasteiger partial charge >= 0.3 is 0 Å². The largest absolute Gasteiger partial charge is 0.496 e. The van der Waals surface area contributed by atoms with Crippen LogP contribution in [0, 0.1) is 12.3 Å². The number of carbonyl (C=O) groups excluding carboxylic acids is 2. The Morgan fingerprint density at radius 1 is 1.28 bits per heavy atom. The molecule has 1 atom stereocenters. The zero-order valence-corrected chi connectivity index (χ0v) is 17.6. The number of hydrogen-bond donors (Lipinski definition) is 0. The minimum atomic E-state index is 0.0914. The van der Waals surface area contributed by atoms with Gasteiger partial charge in [0.25, 0.3) is 5.91 Å². The average Bonchev–Trinajstić information content (AvgIpc) is 3.24. The summed E-state index contributed by atoms with van der Waals surface area (Å²) < 4.78 is 11.0. The molecule has 0 aromatic heterocycles. The van der Waals surface area contributed by atoms with Gasteiger partial charge in [0.2, 0.25) is 5.91 Å². The molecule has 29 heavy (non-hydrogen) atoms. The standard InChI is InChI=1S/C23H32N2O4/c1-17-14-18(5-6-20(17)28-2)22(27)24-11-9-23(10-12-24)8-7-21(26)25(16-23)15-19-4-3-13-29-19/h5-6,14,19H,3-4,7-13,15-16H2,1-2H3/t19-/m0/s1. The number of piperidine rings is 2. The molecule has 0 aliphatic carbocycles. The Morgan fingerprint density at radius 3 is 2.72 bits per heavy atom. The molecule has 1 spiro atoms. The molecular weight excluding hydrogens is 368 g/mol. The molecule has 3 saturated heterocycles. The SMILES string of the molecule is COc1ccc(C(=O)N2CCC3(CCC(=O)N(C[C@@H]4CCCO4)C3)CC2)cc1C.